The van der Waals surface area contributed by atoms with Crippen molar-refractivity contribution in [3.05, 3.63) is 94.0 Å². The standard InChI is InChI=1S/C23H16Cl2N2O/c1-14-6-8-15(9-7-14)21-13-18(17-4-2-3-5-20(17)26-21)23(28)27-22-12-16(24)10-11-19(22)25/h2-13H,1H3,(H,27,28). The zero-order valence-electron chi connectivity index (χ0n) is 15.0. The average molecular weight is 407 g/mol. The highest BCUT2D eigenvalue weighted by Crippen LogP contribution is 2.29. The van der Waals surface area contributed by atoms with Gasteiger partial charge in [0.25, 0.3) is 5.91 Å². The Morgan fingerprint density at radius 2 is 1.68 bits per heavy atom. The molecule has 1 heterocycles. The van der Waals surface area contributed by atoms with Crippen molar-refractivity contribution in [1.82, 2.24) is 4.98 Å². The summed E-state index contributed by atoms with van der Waals surface area (Å²) in [6.45, 7) is 2.03. The molecule has 5 heteroatoms. The van der Waals surface area contributed by atoms with Gasteiger partial charge in [-0.05, 0) is 37.3 Å². The lowest BCUT2D eigenvalue weighted by Crippen LogP contribution is -2.13. The van der Waals surface area contributed by atoms with Crippen LogP contribution in [0.25, 0.3) is 22.2 Å². The molecule has 3 nitrogen and oxygen atoms in total. The van der Waals surface area contributed by atoms with E-state index in [4.69, 9.17) is 28.2 Å². The zero-order valence-corrected chi connectivity index (χ0v) is 16.6. The van der Waals surface area contributed by atoms with E-state index in [0.29, 0.717) is 21.3 Å². The third-order valence-electron chi connectivity index (χ3n) is 4.48. The van der Waals surface area contributed by atoms with Gasteiger partial charge in [-0.1, -0.05) is 71.2 Å². The van der Waals surface area contributed by atoms with E-state index in [-0.39, 0.29) is 5.91 Å². The predicted molar refractivity (Wildman–Crippen MR) is 116 cm³/mol. The van der Waals surface area contributed by atoms with Crippen LogP contribution in [0.1, 0.15) is 15.9 Å². The summed E-state index contributed by atoms with van der Waals surface area (Å²) in [5, 5.41) is 4.56. The average Bonchev–Trinajstić information content (AvgIpc) is 2.70. The molecule has 3 aromatic carbocycles. The first kappa shape index (κ1) is 18.5. The van der Waals surface area contributed by atoms with Gasteiger partial charge in [-0.25, -0.2) is 4.98 Å². The van der Waals surface area contributed by atoms with Crippen LogP contribution in [0, 0.1) is 6.92 Å². The topological polar surface area (TPSA) is 42.0 Å². The Kier molecular flexibility index (Phi) is 5.03. The molecule has 4 rings (SSSR count). The minimum atomic E-state index is -0.267. The van der Waals surface area contributed by atoms with Crippen molar-refractivity contribution in [3.63, 3.8) is 0 Å². The number of hydrogen-bond acceptors (Lipinski definition) is 2. The highest BCUT2D eigenvalue weighted by atomic mass is 35.5. The van der Waals surface area contributed by atoms with Crippen LogP contribution in [-0.2, 0) is 0 Å². The number of carbonyl (C=O) groups excluding carboxylic acids is 1. The monoisotopic (exact) mass is 406 g/mol. The summed E-state index contributed by atoms with van der Waals surface area (Å²) in [4.78, 5) is 17.8. The van der Waals surface area contributed by atoms with Gasteiger partial charge in [0, 0.05) is 16.0 Å². The van der Waals surface area contributed by atoms with Crippen molar-refractivity contribution < 1.29 is 4.79 Å². The summed E-state index contributed by atoms with van der Waals surface area (Å²) in [5.74, 6) is -0.267. The van der Waals surface area contributed by atoms with Crippen molar-refractivity contribution >= 4 is 45.7 Å². The molecule has 0 unspecified atom stereocenters. The molecule has 1 N–H and O–H groups in total. The predicted octanol–water partition coefficient (Wildman–Crippen LogP) is 6.77. The fourth-order valence-electron chi connectivity index (χ4n) is 3.02. The number of hydrogen-bond donors (Lipinski definition) is 1. The lowest BCUT2D eigenvalue weighted by molar-refractivity contribution is 0.102. The smallest absolute Gasteiger partial charge is 0.256 e. The summed E-state index contributed by atoms with van der Waals surface area (Å²) in [7, 11) is 0. The van der Waals surface area contributed by atoms with Gasteiger partial charge < -0.3 is 5.32 Å². The highest BCUT2D eigenvalue weighted by Gasteiger charge is 2.15. The van der Waals surface area contributed by atoms with Crippen LogP contribution in [0.15, 0.2) is 72.8 Å². The molecule has 0 saturated heterocycles. The molecule has 0 aliphatic rings. The lowest BCUT2D eigenvalue weighted by atomic mass is 10.0. The Balaban J connectivity index is 1.81. The maximum Gasteiger partial charge on any atom is 0.256 e. The van der Waals surface area contributed by atoms with Gasteiger partial charge in [0.05, 0.1) is 27.5 Å². The summed E-state index contributed by atoms with van der Waals surface area (Å²) in [5.41, 5.74) is 4.60. The fraction of sp³-hybridized carbons (Fsp3) is 0.0435. The summed E-state index contributed by atoms with van der Waals surface area (Å²) >= 11 is 12.2. The van der Waals surface area contributed by atoms with Gasteiger partial charge in [0.1, 0.15) is 0 Å². The van der Waals surface area contributed by atoms with Crippen LogP contribution in [0.4, 0.5) is 5.69 Å². The first-order valence-electron chi connectivity index (χ1n) is 8.74. The number of amides is 1. The summed E-state index contributed by atoms with van der Waals surface area (Å²) in [6.07, 6.45) is 0. The molecule has 138 valence electrons. The molecule has 0 saturated carbocycles. The minimum Gasteiger partial charge on any atom is -0.321 e. The number of rotatable bonds is 3. The second-order valence-electron chi connectivity index (χ2n) is 6.52. The minimum absolute atomic E-state index is 0.267. The molecule has 0 radical (unpaired) electrons. The highest BCUT2D eigenvalue weighted by molar-refractivity contribution is 6.36. The van der Waals surface area contributed by atoms with Crippen LogP contribution < -0.4 is 5.32 Å². The third kappa shape index (κ3) is 3.72. The first-order chi connectivity index (χ1) is 13.5. The molecule has 4 aromatic rings. The Morgan fingerprint density at radius 1 is 0.929 bits per heavy atom. The van der Waals surface area contributed by atoms with Crippen molar-refractivity contribution in [2.75, 3.05) is 5.32 Å². The number of pyridine rings is 1. The Labute approximate surface area is 172 Å². The van der Waals surface area contributed by atoms with Crippen molar-refractivity contribution in [3.8, 4) is 11.3 Å². The van der Waals surface area contributed by atoms with Crippen LogP contribution in [0.5, 0.6) is 0 Å². The number of nitrogens with zero attached hydrogens (tertiary/aromatic N) is 1. The van der Waals surface area contributed by atoms with Gasteiger partial charge in [-0.15, -0.1) is 0 Å². The molecule has 1 amide bonds. The molecule has 0 bridgehead atoms. The van der Waals surface area contributed by atoms with E-state index in [0.717, 1.165) is 27.7 Å². The zero-order chi connectivity index (χ0) is 19.7. The number of anilines is 1. The first-order valence-corrected chi connectivity index (χ1v) is 9.50. The molecular formula is C23H16Cl2N2O. The quantitative estimate of drug-likeness (QED) is 0.407. The Hall–Kier alpha value is -2.88. The number of fused-ring (bicyclic) bond motifs is 1. The van der Waals surface area contributed by atoms with Gasteiger partial charge in [0.15, 0.2) is 0 Å². The lowest BCUT2D eigenvalue weighted by Gasteiger charge is -2.12. The fourth-order valence-corrected chi connectivity index (χ4v) is 3.36. The van der Waals surface area contributed by atoms with Gasteiger partial charge >= 0.3 is 0 Å². The van der Waals surface area contributed by atoms with Gasteiger partial charge in [0.2, 0.25) is 0 Å². The molecule has 28 heavy (non-hydrogen) atoms. The molecular weight excluding hydrogens is 391 g/mol. The summed E-state index contributed by atoms with van der Waals surface area (Å²) in [6, 6.07) is 22.4. The number of nitrogens with one attached hydrogen (secondary N) is 1. The maximum atomic E-state index is 13.1. The number of carbonyl (C=O) groups is 1. The van der Waals surface area contributed by atoms with E-state index in [9.17, 15) is 4.79 Å². The molecule has 0 aliphatic carbocycles. The third-order valence-corrected chi connectivity index (χ3v) is 5.05. The van der Waals surface area contributed by atoms with Crippen LogP contribution in [0.3, 0.4) is 0 Å². The Bertz CT molecular complexity index is 1190. The van der Waals surface area contributed by atoms with E-state index in [1.807, 2.05) is 55.5 Å². The second kappa shape index (κ2) is 7.63. The number of aromatic nitrogens is 1. The van der Waals surface area contributed by atoms with Crippen LogP contribution in [-0.4, -0.2) is 10.9 Å². The van der Waals surface area contributed by atoms with E-state index >= 15 is 0 Å². The number of benzene rings is 3. The van der Waals surface area contributed by atoms with Crippen LogP contribution >= 0.6 is 23.2 Å². The van der Waals surface area contributed by atoms with Crippen molar-refractivity contribution in [2.24, 2.45) is 0 Å². The maximum absolute atomic E-state index is 13.1. The van der Waals surface area contributed by atoms with Gasteiger partial charge in [-0.2, -0.15) is 0 Å². The number of aryl methyl sites for hydroxylation is 1. The van der Waals surface area contributed by atoms with E-state index < -0.39 is 0 Å². The molecule has 0 atom stereocenters. The summed E-state index contributed by atoms with van der Waals surface area (Å²) < 4.78 is 0. The molecule has 0 fully saturated rings. The largest absolute Gasteiger partial charge is 0.321 e. The normalized spacial score (nSPS) is 10.8. The molecule has 1 aromatic heterocycles. The number of halogens is 2. The van der Waals surface area contributed by atoms with E-state index in [1.54, 1.807) is 24.3 Å². The molecule has 0 spiro atoms. The van der Waals surface area contributed by atoms with Crippen molar-refractivity contribution in [2.45, 2.75) is 6.92 Å². The van der Waals surface area contributed by atoms with Crippen LogP contribution in [0.2, 0.25) is 10.0 Å². The Morgan fingerprint density at radius 3 is 2.46 bits per heavy atom. The second-order valence-corrected chi connectivity index (χ2v) is 7.36. The van der Waals surface area contributed by atoms with E-state index in [2.05, 4.69) is 5.32 Å². The SMILES string of the molecule is Cc1ccc(-c2cc(C(=O)Nc3cc(Cl)ccc3Cl)c3ccccc3n2)cc1. The number of para-hydroxylation sites is 1. The van der Waals surface area contributed by atoms with Gasteiger partial charge in [-0.3, -0.25) is 4.79 Å². The van der Waals surface area contributed by atoms with E-state index in [1.165, 1.54) is 0 Å². The van der Waals surface area contributed by atoms with Crippen molar-refractivity contribution in [1.29, 1.82) is 0 Å². The molecule has 0 aliphatic heterocycles.